The Bertz CT molecular complexity index is 435. The molecule has 0 bridgehead atoms. The Balaban J connectivity index is 2.63. The molecule has 0 aromatic heterocycles. The minimum atomic E-state index is -0.427. The van der Waals surface area contributed by atoms with E-state index in [1.165, 1.54) is 18.2 Å². The van der Waals surface area contributed by atoms with Crippen molar-refractivity contribution in [2.24, 2.45) is 0 Å². The van der Waals surface area contributed by atoms with Gasteiger partial charge >= 0.3 is 0 Å². The second-order valence-corrected chi connectivity index (χ2v) is 4.92. The maximum atomic E-state index is 12.9. The zero-order valence-corrected chi connectivity index (χ0v) is 12.2. The van der Waals surface area contributed by atoms with Gasteiger partial charge in [-0.2, -0.15) is 0 Å². The third kappa shape index (κ3) is 4.71. The highest BCUT2D eigenvalue weighted by atomic mass is 35.5. The van der Waals surface area contributed by atoms with Gasteiger partial charge < -0.3 is 10.6 Å². The maximum Gasteiger partial charge on any atom is 0.242 e. The predicted molar refractivity (Wildman–Crippen MR) is 77.0 cm³/mol. The minimum absolute atomic E-state index is 0.0888. The van der Waals surface area contributed by atoms with Gasteiger partial charge in [-0.25, -0.2) is 4.39 Å². The SMILES string of the molecule is CCC(CC)NC(=O)C(C)Nc1ccc(F)cc1Cl. The number of carbonyl (C=O) groups excluding carboxylic acids is 1. The van der Waals surface area contributed by atoms with Gasteiger partial charge in [-0.3, -0.25) is 4.79 Å². The lowest BCUT2D eigenvalue weighted by Crippen LogP contribution is -2.42. The molecule has 0 aliphatic heterocycles. The van der Waals surface area contributed by atoms with E-state index in [0.717, 1.165) is 12.8 Å². The van der Waals surface area contributed by atoms with Crippen LogP contribution < -0.4 is 10.6 Å². The van der Waals surface area contributed by atoms with Gasteiger partial charge in [-0.1, -0.05) is 25.4 Å². The number of anilines is 1. The zero-order chi connectivity index (χ0) is 14.4. The highest BCUT2D eigenvalue weighted by molar-refractivity contribution is 6.33. The summed E-state index contributed by atoms with van der Waals surface area (Å²) in [5, 5.41) is 6.19. The molecule has 0 spiro atoms. The molecule has 2 N–H and O–H groups in total. The van der Waals surface area contributed by atoms with Gasteiger partial charge in [-0.05, 0) is 38.0 Å². The van der Waals surface area contributed by atoms with Gasteiger partial charge in [0.15, 0.2) is 0 Å². The Morgan fingerprint density at radius 3 is 2.53 bits per heavy atom. The molecule has 0 saturated carbocycles. The Labute approximate surface area is 118 Å². The van der Waals surface area contributed by atoms with Gasteiger partial charge in [0.05, 0.1) is 10.7 Å². The van der Waals surface area contributed by atoms with Crippen LogP contribution in [0.25, 0.3) is 0 Å². The van der Waals surface area contributed by atoms with Crippen LogP contribution in [0.3, 0.4) is 0 Å². The Hall–Kier alpha value is -1.29. The number of benzene rings is 1. The number of amides is 1. The molecule has 0 fully saturated rings. The van der Waals surface area contributed by atoms with Crippen LogP contribution in [0.15, 0.2) is 18.2 Å². The van der Waals surface area contributed by atoms with Gasteiger partial charge in [0.2, 0.25) is 5.91 Å². The number of rotatable bonds is 6. The smallest absolute Gasteiger partial charge is 0.242 e. The van der Waals surface area contributed by atoms with E-state index >= 15 is 0 Å². The van der Waals surface area contributed by atoms with Crippen LogP contribution in [0.2, 0.25) is 5.02 Å². The lowest BCUT2D eigenvalue weighted by molar-refractivity contribution is -0.122. The van der Waals surface area contributed by atoms with E-state index in [9.17, 15) is 9.18 Å². The Morgan fingerprint density at radius 1 is 1.37 bits per heavy atom. The normalized spacial score (nSPS) is 12.3. The molecule has 5 heteroatoms. The summed E-state index contributed by atoms with van der Waals surface area (Å²) in [4.78, 5) is 12.0. The van der Waals surface area contributed by atoms with E-state index < -0.39 is 11.9 Å². The van der Waals surface area contributed by atoms with Crippen molar-refractivity contribution in [2.45, 2.75) is 45.7 Å². The van der Waals surface area contributed by atoms with Crippen molar-refractivity contribution in [1.82, 2.24) is 5.32 Å². The molecule has 0 radical (unpaired) electrons. The zero-order valence-electron chi connectivity index (χ0n) is 11.5. The van der Waals surface area contributed by atoms with Crippen LogP contribution in [-0.2, 0) is 4.79 Å². The van der Waals surface area contributed by atoms with Crippen LogP contribution in [0, 0.1) is 5.82 Å². The summed E-state index contributed by atoms with van der Waals surface area (Å²) in [6.45, 7) is 5.81. The molecular formula is C14H20ClFN2O. The predicted octanol–water partition coefficient (Wildman–Crippen LogP) is 3.58. The number of hydrogen-bond donors (Lipinski definition) is 2. The van der Waals surface area contributed by atoms with Crippen molar-refractivity contribution in [1.29, 1.82) is 0 Å². The van der Waals surface area contributed by atoms with E-state index in [4.69, 9.17) is 11.6 Å². The Morgan fingerprint density at radius 2 is 2.00 bits per heavy atom. The fourth-order valence-corrected chi connectivity index (χ4v) is 1.95. The van der Waals surface area contributed by atoms with Crippen molar-refractivity contribution in [3.8, 4) is 0 Å². The fourth-order valence-electron chi connectivity index (χ4n) is 1.72. The first kappa shape index (κ1) is 15.8. The first-order valence-corrected chi connectivity index (χ1v) is 6.87. The molecule has 3 nitrogen and oxygen atoms in total. The molecular weight excluding hydrogens is 267 g/mol. The summed E-state index contributed by atoms with van der Waals surface area (Å²) >= 11 is 5.90. The molecule has 1 aromatic carbocycles. The van der Waals surface area contributed by atoms with Crippen molar-refractivity contribution in [2.75, 3.05) is 5.32 Å². The number of hydrogen-bond acceptors (Lipinski definition) is 2. The topological polar surface area (TPSA) is 41.1 Å². The van der Waals surface area contributed by atoms with Crippen molar-refractivity contribution < 1.29 is 9.18 Å². The standard InChI is InChI=1S/C14H20ClFN2O/c1-4-11(5-2)18-14(19)9(3)17-13-7-6-10(16)8-12(13)15/h6-9,11,17H,4-5H2,1-3H3,(H,18,19). The lowest BCUT2D eigenvalue weighted by atomic mass is 10.1. The van der Waals surface area contributed by atoms with Gasteiger partial charge in [0.1, 0.15) is 11.9 Å². The van der Waals surface area contributed by atoms with Crippen LogP contribution in [0.5, 0.6) is 0 Å². The van der Waals surface area contributed by atoms with E-state index in [-0.39, 0.29) is 17.0 Å². The van der Waals surface area contributed by atoms with E-state index in [0.29, 0.717) is 5.69 Å². The summed E-state index contributed by atoms with van der Waals surface area (Å²) in [5.74, 6) is -0.487. The monoisotopic (exact) mass is 286 g/mol. The molecule has 1 amide bonds. The summed E-state index contributed by atoms with van der Waals surface area (Å²) < 4.78 is 12.9. The van der Waals surface area contributed by atoms with Crippen LogP contribution >= 0.6 is 11.6 Å². The number of halogens is 2. The molecule has 0 saturated heterocycles. The first-order chi connectivity index (χ1) is 8.97. The molecule has 0 aliphatic carbocycles. The molecule has 1 rings (SSSR count). The third-order valence-electron chi connectivity index (χ3n) is 3.03. The number of carbonyl (C=O) groups is 1. The van der Waals surface area contributed by atoms with Gasteiger partial charge in [-0.15, -0.1) is 0 Å². The molecule has 1 aromatic rings. The summed E-state index contributed by atoms with van der Waals surface area (Å²) in [6, 6.07) is 3.80. The van der Waals surface area contributed by atoms with Crippen molar-refractivity contribution in [3.05, 3.63) is 29.0 Å². The summed E-state index contributed by atoms with van der Waals surface area (Å²) in [5.41, 5.74) is 0.551. The molecule has 1 unspecified atom stereocenters. The average Bonchev–Trinajstić information content (AvgIpc) is 2.38. The van der Waals surface area contributed by atoms with Gasteiger partial charge in [0, 0.05) is 6.04 Å². The van der Waals surface area contributed by atoms with Crippen LogP contribution in [0.4, 0.5) is 10.1 Å². The second-order valence-electron chi connectivity index (χ2n) is 4.51. The van der Waals surface area contributed by atoms with E-state index in [1.54, 1.807) is 6.92 Å². The summed E-state index contributed by atoms with van der Waals surface area (Å²) in [6.07, 6.45) is 1.79. The number of nitrogens with one attached hydrogen (secondary N) is 2. The highest BCUT2D eigenvalue weighted by Gasteiger charge is 2.16. The largest absolute Gasteiger partial charge is 0.373 e. The maximum absolute atomic E-state index is 12.9. The van der Waals surface area contributed by atoms with Crippen molar-refractivity contribution in [3.63, 3.8) is 0 Å². The third-order valence-corrected chi connectivity index (χ3v) is 3.34. The fraction of sp³-hybridized carbons (Fsp3) is 0.500. The van der Waals surface area contributed by atoms with Crippen molar-refractivity contribution >= 4 is 23.2 Å². The van der Waals surface area contributed by atoms with E-state index in [2.05, 4.69) is 10.6 Å². The second kappa shape index (κ2) is 7.34. The van der Waals surface area contributed by atoms with Crippen LogP contribution in [0.1, 0.15) is 33.6 Å². The van der Waals surface area contributed by atoms with Crippen LogP contribution in [-0.4, -0.2) is 18.0 Å². The quantitative estimate of drug-likeness (QED) is 0.839. The molecule has 0 heterocycles. The molecule has 19 heavy (non-hydrogen) atoms. The van der Waals surface area contributed by atoms with E-state index in [1.807, 2.05) is 13.8 Å². The molecule has 106 valence electrons. The molecule has 1 atom stereocenters. The summed E-state index contributed by atoms with van der Waals surface area (Å²) in [7, 11) is 0. The highest BCUT2D eigenvalue weighted by Crippen LogP contribution is 2.23. The first-order valence-electron chi connectivity index (χ1n) is 6.49. The molecule has 0 aliphatic rings. The van der Waals surface area contributed by atoms with Gasteiger partial charge in [0.25, 0.3) is 0 Å². The Kier molecular flexibility index (Phi) is 6.09. The lowest BCUT2D eigenvalue weighted by Gasteiger charge is -2.20. The average molecular weight is 287 g/mol. The minimum Gasteiger partial charge on any atom is -0.373 e.